The summed E-state index contributed by atoms with van der Waals surface area (Å²) in [5.74, 6) is 0. The van der Waals surface area contributed by atoms with Gasteiger partial charge in [-0.1, -0.05) is 0 Å². The molecule has 0 aliphatic rings. The summed E-state index contributed by atoms with van der Waals surface area (Å²) in [6, 6.07) is 2.07. The maximum absolute atomic E-state index is 3.75. The molecule has 0 atom stereocenters. The first-order chi connectivity index (χ1) is 3.29. The minimum atomic E-state index is 1.13. The monoisotopic (exact) mass is 111 g/mol. The second-order valence-electron chi connectivity index (χ2n) is 1.57. The zero-order valence-electron chi connectivity index (χ0n) is 4.27. The van der Waals surface area contributed by atoms with Crippen molar-refractivity contribution in [1.82, 2.24) is 0 Å². The van der Waals surface area contributed by atoms with E-state index in [-0.39, 0.29) is 0 Å². The minimum Gasteiger partial charge on any atom is -0.149 e. The normalized spacial score (nSPS) is 9.43. The van der Waals surface area contributed by atoms with E-state index in [4.69, 9.17) is 0 Å². The molecule has 0 aliphatic heterocycles. The van der Waals surface area contributed by atoms with Crippen LogP contribution in [-0.4, -0.2) is 0 Å². The summed E-state index contributed by atoms with van der Waals surface area (Å²) < 4.78 is 0. The highest BCUT2D eigenvalue weighted by Crippen LogP contribution is 2.10. The molecule has 0 amide bonds. The molecule has 0 nitrogen and oxygen atoms in total. The summed E-state index contributed by atoms with van der Waals surface area (Å²) in [5, 5.41) is 2.05. The topological polar surface area (TPSA) is 0 Å². The highest BCUT2D eigenvalue weighted by atomic mass is 32.1. The summed E-state index contributed by atoms with van der Waals surface area (Å²) in [7, 11) is 0. The van der Waals surface area contributed by atoms with Crippen molar-refractivity contribution in [3.63, 3.8) is 0 Å². The Balaban J connectivity index is 3.04. The average molecular weight is 111 g/mol. The van der Waals surface area contributed by atoms with Gasteiger partial charge in [-0.05, 0) is 30.9 Å². The fraction of sp³-hybridized carbons (Fsp3) is 0.167. The second-order valence-corrected chi connectivity index (χ2v) is 2.68. The first-order valence-electron chi connectivity index (χ1n) is 2.16. The van der Waals surface area contributed by atoms with Gasteiger partial charge in [-0.25, -0.2) is 0 Å². The van der Waals surface area contributed by atoms with Crippen LogP contribution in [0.5, 0.6) is 0 Å². The van der Waals surface area contributed by atoms with Crippen molar-refractivity contribution < 1.29 is 0 Å². The van der Waals surface area contributed by atoms with E-state index in [1.54, 1.807) is 11.3 Å². The van der Waals surface area contributed by atoms with Crippen molar-refractivity contribution in [2.24, 2.45) is 0 Å². The molecule has 1 aromatic heterocycles. The standard InChI is InChI=1S/C6H7S/c1-5-3-6(2)7-4-5/h3-4H,1H2,2H3. The molecule has 1 aromatic rings. The molecule has 0 spiro atoms. The van der Waals surface area contributed by atoms with Crippen molar-refractivity contribution in [3.8, 4) is 0 Å². The van der Waals surface area contributed by atoms with E-state index in [0.29, 0.717) is 0 Å². The first-order valence-corrected chi connectivity index (χ1v) is 3.04. The summed E-state index contributed by atoms with van der Waals surface area (Å²) in [5.41, 5.74) is 1.13. The number of hydrogen-bond acceptors (Lipinski definition) is 1. The Labute approximate surface area is 47.8 Å². The van der Waals surface area contributed by atoms with Gasteiger partial charge in [0.15, 0.2) is 0 Å². The van der Waals surface area contributed by atoms with Gasteiger partial charge in [0.2, 0.25) is 0 Å². The van der Waals surface area contributed by atoms with Crippen LogP contribution >= 0.6 is 11.3 Å². The van der Waals surface area contributed by atoms with E-state index in [2.05, 4.69) is 25.3 Å². The zero-order chi connectivity index (χ0) is 5.28. The van der Waals surface area contributed by atoms with E-state index in [1.165, 1.54) is 4.88 Å². The van der Waals surface area contributed by atoms with Crippen LogP contribution in [0, 0.1) is 13.8 Å². The lowest BCUT2D eigenvalue weighted by Crippen LogP contribution is -1.53. The van der Waals surface area contributed by atoms with Gasteiger partial charge in [0.1, 0.15) is 0 Å². The predicted molar refractivity (Wildman–Crippen MR) is 33.5 cm³/mol. The Kier molecular flexibility index (Phi) is 1.15. The Bertz CT molecular complexity index is 136. The van der Waals surface area contributed by atoms with Crippen LogP contribution in [0.25, 0.3) is 0 Å². The molecule has 0 bridgehead atoms. The van der Waals surface area contributed by atoms with E-state index in [0.717, 1.165) is 5.56 Å². The molecule has 0 saturated heterocycles. The van der Waals surface area contributed by atoms with Gasteiger partial charge in [-0.3, -0.25) is 0 Å². The maximum Gasteiger partial charge on any atom is 0.00170 e. The number of rotatable bonds is 0. The molecule has 1 rings (SSSR count). The Morgan fingerprint density at radius 1 is 1.71 bits per heavy atom. The first kappa shape index (κ1) is 4.85. The molecule has 0 saturated carbocycles. The highest BCUT2D eigenvalue weighted by Gasteiger charge is 1.84. The van der Waals surface area contributed by atoms with Gasteiger partial charge in [-0.15, -0.1) is 11.3 Å². The van der Waals surface area contributed by atoms with Crippen LogP contribution in [0.4, 0.5) is 0 Å². The summed E-state index contributed by atoms with van der Waals surface area (Å²) in [4.78, 5) is 1.34. The van der Waals surface area contributed by atoms with Gasteiger partial charge < -0.3 is 0 Å². The van der Waals surface area contributed by atoms with Crippen molar-refractivity contribution in [2.75, 3.05) is 0 Å². The lowest BCUT2D eigenvalue weighted by Gasteiger charge is -1.70. The van der Waals surface area contributed by atoms with Crippen LogP contribution in [0.3, 0.4) is 0 Å². The maximum atomic E-state index is 3.75. The van der Waals surface area contributed by atoms with Crippen LogP contribution in [0.1, 0.15) is 10.4 Å². The third kappa shape index (κ3) is 1.03. The third-order valence-corrected chi connectivity index (χ3v) is 1.70. The Morgan fingerprint density at radius 2 is 2.43 bits per heavy atom. The number of thiophene rings is 1. The predicted octanol–water partition coefficient (Wildman–Crippen LogP) is 2.24. The van der Waals surface area contributed by atoms with Gasteiger partial charge in [-0.2, -0.15) is 0 Å². The zero-order valence-corrected chi connectivity index (χ0v) is 5.09. The number of aryl methyl sites for hydroxylation is 1. The minimum absolute atomic E-state index is 1.13. The van der Waals surface area contributed by atoms with E-state index in [1.807, 2.05) is 0 Å². The smallest absolute Gasteiger partial charge is 0.00170 e. The molecule has 37 valence electrons. The van der Waals surface area contributed by atoms with E-state index >= 15 is 0 Å². The van der Waals surface area contributed by atoms with Crippen molar-refractivity contribution in [2.45, 2.75) is 6.92 Å². The molecule has 1 radical (unpaired) electrons. The largest absolute Gasteiger partial charge is 0.149 e. The molecular weight excluding hydrogens is 104 g/mol. The van der Waals surface area contributed by atoms with Gasteiger partial charge in [0, 0.05) is 4.88 Å². The van der Waals surface area contributed by atoms with Crippen LogP contribution in [0.15, 0.2) is 11.4 Å². The van der Waals surface area contributed by atoms with E-state index in [9.17, 15) is 0 Å². The van der Waals surface area contributed by atoms with Crippen LogP contribution < -0.4 is 0 Å². The molecule has 0 N–H and O–H groups in total. The fourth-order valence-corrected chi connectivity index (χ4v) is 1.12. The highest BCUT2D eigenvalue weighted by molar-refractivity contribution is 7.10. The number of hydrogen-bond donors (Lipinski definition) is 0. The quantitative estimate of drug-likeness (QED) is 0.481. The Morgan fingerprint density at radius 3 is 2.57 bits per heavy atom. The lowest BCUT2D eigenvalue weighted by molar-refractivity contribution is 1.61. The molecule has 0 aromatic carbocycles. The van der Waals surface area contributed by atoms with Gasteiger partial charge in [0.25, 0.3) is 0 Å². The molecule has 1 heteroatoms. The van der Waals surface area contributed by atoms with E-state index < -0.39 is 0 Å². The van der Waals surface area contributed by atoms with Crippen LogP contribution in [0.2, 0.25) is 0 Å². The summed E-state index contributed by atoms with van der Waals surface area (Å²) in [6.07, 6.45) is 0. The SMILES string of the molecule is [CH2]c1csc(C)c1. The summed E-state index contributed by atoms with van der Waals surface area (Å²) >= 11 is 1.74. The van der Waals surface area contributed by atoms with Crippen molar-refractivity contribution in [1.29, 1.82) is 0 Å². The van der Waals surface area contributed by atoms with Gasteiger partial charge >= 0.3 is 0 Å². The van der Waals surface area contributed by atoms with Crippen molar-refractivity contribution >= 4 is 11.3 Å². The average Bonchev–Trinajstić information content (AvgIpc) is 1.87. The lowest BCUT2D eigenvalue weighted by atomic mass is 10.4. The third-order valence-electron chi connectivity index (χ3n) is 0.785. The molecule has 7 heavy (non-hydrogen) atoms. The molecule has 0 aliphatic carbocycles. The van der Waals surface area contributed by atoms with Crippen molar-refractivity contribution in [3.05, 3.63) is 28.8 Å². The Hall–Kier alpha value is -0.300. The van der Waals surface area contributed by atoms with Gasteiger partial charge in [0.05, 0.1) is 0 Å². The molecule has 0 fully saturated rings. The second kappa shape index (κ2) is 1.66. The fourth-order valence-electron chi connectivity index (χ4n) is 0.498. The molecular formula is C6H7S. The molecule has 1 heterocycles. The van der Waals surface area contributed by atoms with Crippen LogP contribution in [-0.2, 0) is 0 Å². The summed E-state index contributed by atoms with van der Waals surface area (Å²) in [6.45, 7) is 5.83. The molecule has 0 unspecified atom stereocenters.